The smallest absolute Gasteiger partial charge is 0.497 e. The molecule has 0 spiro atoms. The number of methoxy groups -OCH3 is 1. The van der Waals surface area contributed by atoms with Crippen LogP contribution in [-0.4, -0.2) is 74.3 Å². The fourth-order valence-electron chi connectivity index (χ4n) is 3.21. The molecule has 0 saturated heterocycles. The molecule has 2 rings (SSSR count). The molecule has 13 nitrogen and oxygen atoms in total. The summed E-state index contributed by atoms with van der Waals surface area (Å²) in [4.78, 5) is 25.8. The average molecular weight is 589 g/mol. The normalized spacial score (nSPS) is 12.4. The molecular formula is C26H41N2O11P. The fourth-order valence-corrected chi connectivity index (χ4v) is 4.06. The zero-order valence-corrected chi connectivity index (χ0v) is 25.6. The summed E-state index contributed by atoms with van der Waals surface area (Å²) in [5.74, 6) is 0.623. The van der Waals surface area contributed by atoms with E-state index in [9.17, 15) is 14.2 Å². The number of phosphoric acid groups is 1. The predicted molar refractivity (Wildman–Crippen MR) is 146 cm³/mol. The Balaban J connectivity index is 2.19. The van der Waals surface area contributed by atoms with Gasteiger partial charge in [-0.15, -0.1) is 0 Å². The molecular weight excluding hydrogens is 547 g/mol. The molecule has 1 aromatic carbocycles. The van der Waals surface area contributed by atoms with Crippen molar-refractivity contribution in [2.45, 2.75) is 65.9 Å². The number of rotatable bonds is 13. The predicted octanol–water partition coefficient (Wildman–Crippen LogP) is 5.69. The topological polar surface area (TPSA) is 133 Å². The van der Waals surface area contributed by atoms with Crippen LogP contribution in [0.5, 0.6) is 5.75 Å². The molecule has 0 N–H and O–H groups in total. The summed E-state index contributed by atoms with van der Waals surface area (Å²) in [7, 11) is 1.08. The summed E-state index contributed by atoms with van der Waals surface area (Å²) >= 11 is 0. The van der Waals surface area contributed by atoms with E-state index >= 15 is 0 Å². The van der Waals surface area contributed by atoms with Crippen LogP contribution in [0.3, 0.4) is 0 Å². The van der Waals surface area contributed by atoms with Gasteiger partial charge in [0.05, 0.1) is 12.6 Å². The highest BCUT2D eigenvalue weighted by Crippen LogP contribution is 2.50. The Morgan fingerprint density at radius 2 is 1.45 bits per heavy atom. The van der Waals surface area contributed by atoms with Crippen molar-refractivity contribution in [1.82, 2.24) is 9.47 Å². The van der Waals surface area contributed by atoms with Gasteiger partial charge in [0, 0.05) is 24.2 Å². The highest BCUT2D eigenvalue weighted by atomic mass is 31.2. The number of hydrogen-bond donors (Lipinski definition) is 0. The fraction of sp³-hybridized carbons (Fsp3) is 0.615. The van der Waals surface area contributed by atoms with E-state index in [4.69, 9.17) is 37.3 Å². The molecule has 14 heteroatoms. The monoisotopic (exact) mass is 588 g/mol. The minimum absolute atomic E-state index is 0.276. The van der Waals surface area contributed by atoms with Gasteiger partial charge in [0.15, 0.2) is 0 Å². The van der Waals surface area contributed by atoms with Crippen molar-refractivity contribution in [3.8, 4) is 5.75 Å². The van der Waals surface area contributed by atoms with Gasteiger partial charge >= 0.3 is 20.1 Å². The number of hydrogen-bond acceptors (Lipinski definition) is 12. The molecule has 0 saturated carbocycles. The Hall–Kier alpha value is -2.83. The number of fused-ring (bicyclic) bond motifs is 1. The lowest BCUT2D eigenvalue weighted by Gasteiger charge is -2.21. The van der Waals surface area contributed by atoms with Crippen LogP contribution in [0.1, 0.15) is 47.1 Å². The zero-order valence-electron chi connectivity index (χ0n) is 24.7. The second kappa shape index (κ2) is 14.2. The van der Waals surface area contributed by atoms with Crippen molar-refractivity contribution < 1.29 is 51.4 Å². The van der Waals surface area contributed by atoms with E-state index in [1.165, 1.54) is 0 Å². The van der Waals surface area contributed by atoms with E-state index in [2.05, 4.69) is 4.90 Å². The van der Waals surface area contributed by atoms with Crippen LogP contribution in [0.2, 0.25) is 0 Å². The first-order valence-electron chi connectivity index (χ1n) is 12.6. The third-order valence-corrected chi connectivity index (χ3v) is 6.18. The number of carbonyl (C=O) groups is 2. The first-order chi connectivity index (χ1) is 18.5. The highest BCUT2D eigenvalue weighted by Gasteiger charge is 2.30. The van der Waals surface area contributed by atoms with Crippen molar-refractivity contribution in [3.05, 3.63) is 30.0 Å². The van der Waals surface area contributed by atoms with E-state index in [0.29, 0.717) is 5.75 Å². The molecule has 226 valence electrons. The Morgan fingerprint density at radius 3 is 1.93 bits per heavy atom. The molecule has 0 bridgehead atoms. The van der Waals surface area contributed by atoms with Gasteiger partial charge in [0.25, 0.3) is 0 Å². The molecule has 0 aliphatic carbocycles. The number of carbonyl (C=O) groups excluding carboxylic acids is 2. The Morgan fingerprint density at radius 1 is 0.900 bits per heavy atom. The van der Waals surface area contributed by atoms with E-state index < -0.39 is 44.9 Å². The van der Waals surface area contributed by atoms with Gasteiger partial charge in [-0.25, -0.2) is 23.2 Å². The second-order valence-electron chi connectivity index (χ2n) is 11.0. The summed E-state index contributed by atoms with van der Waals surface area (Å²) in [5.41, 5.74) is 0.175. The lowest BCUT2D eigenvalue weighted by Crippen LogP contribution is -2.25. The molecule has 40 heavy (non-hydrogen) atoms. The first-order valence-corrected chi connectivity index (χ1v) is 14.0. The van der Waals surface area contributed by atoms with E-state index in [-0.39, 0.29) is 6.73 Å². The van der Waals surface area contributed by atoms with Crippen molar-refractivity contribution in [3.63, 3.8) is 0 Å². The minimum atomic E-state index is -4.44. The standard InChI is InChI=1S/C26H41N2O11P/c1-25(2,3)38-23(29)33-17-36-40(31,37-18-34-24(30)39-26(4,5)6)35-16-28-15-19(12-13-27(7)8)21-11-10-20(32-9)14-22(21)28/h10-11,14-15H,12-13,16-18H2,1-9H3. The minimum Gasteiger partial charge on any atom is -0.497 e. The molecule has 1 heterocycles. The summed E-state index contributed by atoms with van der Waals surface area (Å²) in [6, 6.07) is 5.61. The Kier molecular flexibility index (Phi) is 11.8. The lowest BCUT2D eigenvalue weighted by molar-refractivity contribution is -0.0641. The van der Waals surface area contributed by atoms with Crippen LogP contribution >= 0.6 is 7.82 Å². The molecule has 0 radical (unpaired) electrons. The number of benzene rings is 1. The number of nitrogens with zero attached hydrogens (tertiary/aromatic N) is 2. The van der Waals surface area contributed by atoms with Crippen LogP contribution in [0.25, 0.3) is 10.9 Å². The highest BCUT2D eigenvalue weighted by molar-refractivity contribution is 7.48. The Bertz CT molecular complexity index is 1140. The van der Waals surface area contributed by atoms with Gasteiger partial charge in [-0.3, -0.25) is 4.52 Å². The van der Waals surface area contributed by atoms with Crippen molar-refractivity contribution in [1.29, 1.82) is 0 Å². The quantitative estimate of drug-likeness (QED) is 0.162. The lowest BCUT2D eigenvalue weighted by atomic mass is 10.1. The molecule has 0 amide bonds. The summed E-state index contributed by atoms with van der Waals surface area (Å²) < 4.78 is 56.2. The number of ether oxygens (including phenoxy) is 5. The third-order valence-electron chi connectivity index (χ3n) is 4.91. The number of likely N-dealkylation sites (N-methyl/N-ethyl adjacent to an activating group) is 1. The maximum Gasteiger partial charge on any atom is 0.510 e. The maximum atomic E-state index is 13.4. The van der Waals surface area contributed by atoms with Gasteiger partial charge in [0.2, 0.25) is 13.6 Å². The molecule has 0 aliphatic heterocycles. The summed E-state index contributed by atoms with van der Waals surface area (Å²) in [6.07, 6.45) is 0.531. The van der Waals surface area contributed by atoms with Crippen molar-refractivity contribution in [2.24, 2.45) is 0 Å². The van der Waals surface area contributed by atoms with Crippen LogP contribution < -0.4 is 4.74 Å². The van der Waals surface area contributed by atoms with E-state index in [0.717, 1.165) is 29.4 Å². The number of aromatic nitrogens is 1. The van der Waals surface area contributed by atoms with Crippen molar-refractivity contribution >= 4 is 31.0 Å². The van der Waals surface area contributed by atoms with E-state index in [1.54, 1.807) is 53.2 Å². The first kappa shape index (κ1) is 33.4. The maximum absolute atomic E-state index is 13.4. The van der Waals surface area contributed by atoms with Crippen LogP contribution in [0.15, 0.2) is 24.4 Å². The van der Waals surface area contributed by atoms with Gasteiger partial charge in [-0.1, -0.05) is 0 Å². The van der Waals surface area contributed by atoms with Crippen LogP contribution in [0.4, 0.5) is 9.59 Å². The van der Waals surface area contributed by atoms with Gasteiger partial charge in [-0.05, 0) is 79.8 Å². The Labute approximate surface area is 235 Å². The van der Waals surface area contributed by atoms with Crippen LogP contribution in [-0.2, 0) is 50.2 Å². The SMILES string of the molecule is COc1ccc2c(CCN(C)C)cn(COP(=O)(OCOC(=O)OC(C)(C)C)OCOC(=O)OC(C)(C)C)c2c1. The van der Waals surface area contributed by atoms with E-state index in [1.807, 2.05) is 38.5 Å². The largest absolute Gasteiger partial charge is 0.510 e. The van der Waals surface area contributed by atoms with Gasteiger partial charge in [0.1, 0.15) is 23.7 Å². The molecule has 1 aromatic heterocycles. The molecule has 0 fully saturated rings. The molecule has 0 atom stereocenters. The second-order valence-corrected chi connectivity index (χ2v) is 12.6. The molecule has 2 aromatic rings. The summed E-state index contributed by atoms with van der Waals surface area (Å²) in [6.45, 7) is 8.84. The number of phosphoric ester groups is 1. The summed E-state index contributed by atoms with van der Waals surface area (Å²) in [5, 5.41) is 0.962. The molecule has 0 aliphatic rings. The molecule has 0 unspecified atom stereocenters. The third kappa shape index (κ3) is 11.7. The average Bonchev–Trinajstić information content (AvgIpc) is 3.16. The zero-order chi connectivity index (χ0) is 30.1. The van der Waals surface area contributed by atoms with Crippen LogP contribution in [0, 0.1) is 0 Å². The van der Waals surface area contributed by atoms with Gasteiger partial charge in [-0.2, -0.15) is 0 Å². The van der Waals surface area contributed by atoms with Gasteiger partial charge < -0.3 is 33.2 Å². The van der Waals surface area contributed by atoms with Crippen molar-refractivity contribution in [2.75, 3.05) is 41.3 Å².